The molecule has 0 unspecified atom stereocenters. The van der Waals surface area contributed by atoms with E-state index in [0.717, 1.165) is 18.4 Å². The number of methoxy groups -OCH3 is 1. The molecule has 0 aliphatic heterocycles. The molecule has 1 aliphatic carbocycles. The number of nitrogens with zero attached hydrogens (tertiary/aromatic N) is 1. The number of hydrogen-bond acceptors (Lipinski definition) is 5. The van der Waals surface area contributed by atoms with Gasteiger partial charge in [-0.15, -0.1) is 0 Å². The van der Waals surface area contributed by atoms with E-state index in [1.165, 1.54) is 6.92 Å². The zero-order valence-electron chi connectivity index (χ0n) is 19.1. The molecule has 9 nitrogen and oxygen atoms in total. The molecule has 1 amide bonds. The number of amides is 1. The number of carboxylic acids is 1. The third-order valence-electron chi connectivity index (χ3n) is 5.71. The van der Waals surface area contributed by atoms with E-state index in [2.05, 4.69) is 5.32 Å². The first-order chi connectivity index (χ1) is 15.2. The summed E-state index contributed by atoms with van der Waals surface area (Å²) in [4.78, 5) is 25.6. The lowest BCUT2D eigenvalue weighted by molar-refractivity contribution is -0.133. The second-order valence-corrected chi connectivity index (χ2v) is 7.86. The van der Waals surface area contributed by atoms with E-state index in [4.69, 9.17) is 20.6 Å². The Morgan fingerprint density at radius 1 is 1.31 bits per heavy atom. The van der Waals surface area contributed by atoms with Gasteiger partial charge in [0.2, 0.25) is 5.91 Å². The Hall–Kier alpha value is -3.07. The monoisotopic (exact) mass is 446 g/mol. The van der Waals surface area contributed by atoms with Crippen LogP contribution in [0.1, 0.15) is 45.6 Å². The maximum atomic E-state index is 12.1. The van der Waals surface area contributed by atoms with Crippen LogP contribution in [0.15, 0.2) is 35.9 Å². The molecule has 32 heavy (non-hydrogen) atoms. The highest BCUT2D eigenvalue weighted by atomic mass is 16.5. The van der Waals surface area contributed by atoms with Crippen molar-refractivity contribution >= 4 is 17.8 Å². The summed E-state index contributed by atoms with van der Waals surface area (Å²) >= 11 is 0. The largest absolute Gasteiger partial charge is 0.496 e. The maximum Gasteiger partial charge on any atom is 0.331 e. The molecule has 2 rings (SSSR count). The van der Waals surface area contributed by atoms with E-state index in [0.29, 0.717) is 5.75 Å². The van der Waals surface area contributed by atoms with Gasteiger partial charge in [-0.2, -0.15) is 0 Å². The second-order valence-electron chi connectivity index (χ2n) is 7.86. The first kappa shape index (κ1) is 25.2. The van der Waals surface area contributed by atoms with E-state index >= 15 is 0 Å². The van der Waals surface area contributed by atoms with Crippen molar-refractivity contribution in [3.05, 3.63) is 41.5 Å². The quantitative estimate of drug-likeness (QED) is 0.319. The molecule has 0 saturated heterocycles. The van der Waals surface area contributed by atoms with Crippen LogP contribution in [0.2, 0.25) is 0 Å². The van der Waals surface area contributed by atoms with Crippen LogP contribution in [0.25, 0.3) is 0 Å². The fourth-order valence-electron chi connectivity index (χ4n) is 4.04. The van der Waals surface area contributed by atoms with Crippen LogP contribution in [0.5, 0.6) is 5.75 Å². The third-order valence-corrected chi connectivity index (χ3v) is 5.71. The Morgan fingerprint density at radius 2 is 1.97 bits per heavy atom. The van der Waals surface area contributed by atoms with E-state index in [9.17, 15) is 14.7 Å². The average molecular weight is 447 g/mol. The molecule has 0 heterocycles. The number of nitrogens with two attached hydrogens (primary N) is 1. The van der Waals surface area contributed by atoms with E-state index < -0.39 is 24.2 Å². The lowest BCUT2D eigenvalue weighted by Crippen LogP contribution is -2.61. The molecule has 0 fully saturated rings. The number of ether oxygens (including phenoxy) is 2. The molecule has 9 heteroatoms. The number of carbonyl (C=O) groups excluding carboxylic acids is 1. The minimum Gasteiger partial charge on any atom is -0.496 e. The molecule has 0 aromatic heterocycles. The summed E-state index contributed by atoms with van der Waals surface area (Å²) in [6.07, 6.45) is 2.39. The summed E-state index contributed by atoms with van der Waals surface area (Å²) in [6.45, 7) is 5.60. The average Bonchev–Trinajstić information content (AvgIpc) is 2.76. The van der Waals surface area contributed by atoms with E-state index in [-0.39, 0.29) is 36.5 Å². The Morgan fingerprint density at radius 3 is 2.50 bits per heavy atom. The Labute approximate surface area is 189 Å². The van der Waals surface area contributed by atoms with Crippen LogP contribution < -0.4 is 15.8 Å². The fraction of sp³-hybridized carbons (Fsp3) is 0.522. The minimum atomic E-state index is -1.06. The van der Waals surface area contributed by atoms with Crippen LogP contribution in [0, 0.1) is 5.41 Å². The molecule has 1 aromatic rings. The molecule has 0 spiro atoms. The standard InChI is InChI=1S/C23H34N4O5/c1-5-17(6-2)32-20-12-16(22(29)30)11-18(21(20)26-14(3)28)27(23(24)25)13-15-9-7-8-10-19(15)31-4/h7-10,12,17-18,20-21H,5-6,11,13H2,1-4H3,(H3,24,25)(H,26,28)(H,29,30)/t18-,20+,21+/m0/s1. The molecule has 1 aromatic carbocycles. The number of carboxylic acid groups (broad SMARTS) is 1. The zero-order valence-corrected chi connectivity index (χ0v) is 19.1. The Bertz CT molecular complexity index is 853. The number of rotatable bonds is 10. The zero-order chi connectivity index (χ0) is 23.8. The highest BCUT2D eigenvalue weighted by Crippen LogP contribution is 2.30. The highest BCUT2D eigenvalue weighted by Gasteiger charge is 2.41. The minimum absolute atomic E-state index is 0.0950. The van der Waals surface area contributed by atoms with Crippen molar-refractivity contribution in [3.63, 3.8) is 0 Å². The molecule has 5 N–H and O–H groups in total. The number of nitrogens with one attached hydrogen (secondary N) is 2. The van der Waals surface area contributed by atoms with Gasteiger partial charge in [0.05, 0.1) is 31.4 Å². The van der Waals surface area contributed by atoms with Gasteiger partial charge in [0, 0.05) is 31.0 Å². The normalized spacial score (nSPS) is 20.4. The van der Waals surface area contributed by atoms with Crippen molar-refractivity contribution in [1.29, 1.82) is 5.41 Å². The van der Waals surface area contributed by atoms with Gasteiger partial charge in [-0.05, 0) is 25.0 Å². The summed E-state index contributed by atoms with van der Waals surface area (Å²) in [6, 6.07) is 6.17. The van der Waals surface area contributed by atoms with Crippen LogP contribution in [0.4, 0.5) is 0 Å². The molecule has 0 radical (unpaired) electrons. The number of guanidine groups is 1. The fourth-order valence-corrected chi connectivity index (χ4v) is 4.04. The van der Waals surface area contributed by atoms with E-state index in [1.807, 2.05) is 32.0 Å². The predicted molar refractivity (Wildman–Crippen MR) is 121 cm³/mol. The summed E-state index contributed by atoms with van der Waals surface area (Å²) < 4.78 is 11.7. The number of aliphatic carboxylic acids is 1. The maximum absolute atomic E-state index is 12.1. The van der Waals surface area contributed by atoms with Crippen molar-refractivity contribution in [1.82, 2.24) is 10.2 Å². The van der Waals surface area contributed by atoms with E-state index in [1.54, 1.807) is 24.2 Å². The Balaban J connectivity index is 2.50. The number of carbonyl (C=O) groups is 2. The van der Waals surface area contributed by atoms with Crippen molar-refractivity contribution in [2.75, 3.05) is 7.11 Å². The lowest BCUT2D eigenvalue weighted by atomic mass is 9.86. The van der Waals surface area contributed by atoms with Crippen LogP contribution >= 0.6 is 0 Å². The molecule has 1 aliphatic rings. The van der Waals surface area contributed by atoms with Crippen molar-refractivity contribution in [2.45, 2.75) is 70.9 Å². The summed E-state index contributed by atoms with van der Waals surface area (Å²) in [5.74, 6) is -0.935. The number of hydrogen-bond donors (Lipinski definition) is 4. The summed E-state index contributed by atoms with van der Waals surface area (Å²) in [5.41, 5.74) is 6.92. The van der Waals surface area contributed by atoms with Gasteiger partial charge in [0.25, 0.3) is 0 Å². The van der Waals surface area contributed by atoms with Crippen molar-refractivity contribution in [2.24, 2.45) is 5.73 Å². The predicted octanol–water partition coefficient (Wildman–Crippen LogP) is 2.25. The van der Waals surface area contributed by atoms with Crippen LogP contribution in [0.3, 0.4) is 0 Å². The number of benzene rings is 1. The van der Waals surface area contributed by atoms with Gasteiger partial charge in [-0.25, -0.2) is 4.79 Å². The van der Waals surface area contributed by atoms with Gasteiger partial charge in [-0.1, -0.05) is 32.0 Å². The van der Waals surface area contributed by atoms with Crippen LogP contribution in [-0.4, -0.2) is 59.2 Å². The van der Waals surface area contributed by atoms with Crippen LogP contribution in [-0.2, 0) is 20.9 Å². The lowest BCUT2D eigenvalue weighted by Gasteiger charge is -2.43. The third kappa shape index (κ3) is 6.23. The second kappa shape index (κ2) is 11.5. The van der Waals surface area contributed by atoms with Crippen molar-refractivity contribution < 1.29 is 24.2 Å². The molecule has 3 atom stereocenters. The summed E-state index contributed by atoms with van der Waals surface area (Å²) in [5, 5.41) is 20.9. The summed E-state index contributed by atoms with van der Waals surface area (Å²) in [7, 11) is 1.56. The van der Waals surface area contributed by atoms with Gasteiger partial charge in [0.1, 0.15) is 5.75 Å². The molecular weight excluding hydrogens is 412 g/mol. The molecular formula is C23H34N4O5. The first-order valence-electron chi connectivity index (χ1n) is 10.8. The molecule has 0 saturated carbocycles. The van der Waals surface area contributed by atoms with Gasteiger partial charge < -0.3 is 30.5 Å². The smallest absolute Gasteiger partial charge is 0.331 e. The molecule has 176 valence electrons. The SMILES string of the molecule is CCC(CC)O[C@@H]1C=C(C(=O)O)C[C@H](N(Cc2ccccc2OC)C(=N)N)[C@H]1NC(C)=O. The van der Waals surface area contributed by atoms with Crippen molar-refractivity contribution in [3.8, 4) is 5.75 Å². The molecule has 0 bridgehead atoms. The number of para-hydroxylation sites is 1. The highest BCUT2D eigenvalue weighted by molar-refractivity contribution is 5.87. The Kier molecular flexibility index (Phi) is 9.07. The van der Waals surface area contributed by atoms with Gasteiger partial charge in [0.15, 0.2) is 5.96 Å². The van der Waals surface area contributed by atoms with Gasteiger partial charge >= 0.3 is 5.97 Å². The topological polar surface area (TPSA) is 138 Å². The first-order valence-corrected chi connectivity index (χ1v) is 10.8. The van der Waals surface area contributed by atoms with Gasteiger partial charge in [-0.3, -0.25) is 10.2 Å².